The minimum absolute atomic E-state index is 0.310. The molecule has 0 aliphatic rings. The number of carboxylic acids is 5. The van der Waals surface area contributed by atoms with Gasteiger partial charge in [0.15, 0.2) is 0 Å². The SMILES string of the molecule is CC(C)C[C@H](N)C(=O)O.NC(=O)C[C@H](N)C(=O)O.N[C@@H](CC(=O)O)C(=O)O.N[C@@H](Cc1ccccc1)C(=O)O. The highest BCUT2D eigenvalue weighted by Gasteiger charge is 2.15. The average Bonchev–Trinajstić information content (AvgIpc) is 2.79. The Morgan fingerprint density at radius 2 is 1.03 bits per heavy atom. The van der Waals surface area contributed by atoms with E-state index < -0.39 is 66.3 Å². The van der Waals surface area contributed by atoms with Gasteiger partial charge in [0.1, 0.15) is 24.2 Å². The molecule has 0 aliphatic heterocycles. The quantitative estimate of drug-likeness (QED) is 0.135. The molecule has 0 unspecified atom stereocenters. The number of carboxylic acid groups (broad SMARTS) is 5. The van der Waals surface area contributed by atoms with Crippen LogP contribution in [0.25, 0.3) is 0 Å². The number of carbonyl (C=O) groups is 6. The first kappa shape index (κ1) is 39.4. The van der Waals surface area contributed by atoms with Crippen molar-refractivity contribution in [1.82, 2.24) is 0 Å². The Bertz CT molecular complexity index is 881. The molecule has 0 fully saturated rings. The molecule has 0 aliphatic carbocycles. The fraction of sp³-hybridized carbons (Fsp3) is 0.478. The minimum atomic E-state index is -1.29. The third-order valence-electron chi connectivity index (χ3n) is 4.11. The molecule has 1 aromatic carbocycles. The molecule has 1 rings (SSSR count). The fourth-order valence-electron chi connectivity index (χ4n) is 2.14. The monoisotopic (exact) mass is 561 g/mol. The standard InChI is InChI=1S/C9H11NO2.C6H13NO2.C4H8N2O3.C4H7NO4/c10-8(9(11)12)6-7-4-2-1-3-5-7;1-4(2)3-5(7)6(8)9;2*5-2(4(8)9)1-3(6)7/h1-5,8H,6,10H2,(H,11,12);4-5H,3,7H2,1-2H3,(H,8,9);2H,1,5H2,(H2,6,7)(H,8,9);2H,1,5H2,(H,6,7)(H,8,9)/t8-;5-;2*2-/m0000/s1. The number of aliphatic carboxylic acids is 5. The van der Waals surface area contributed by atoms with Crippen LogP contribution in [0.4, 0.5) is 0 Å². The summed E-state index contributed by atoms with van der Waals surface area (Å²) in [4.78, 5) is 60.0. The zero-order valence-corrected chi connectivity index (χ0v) is 21.7. The summed E-state index contributed by atoms with van der Waals surface area (Å²) in [5.41, 5.74) is 25.9. The summed E-state index contributed by atoms with van der Waals surface area (Å²) in [5, 5.41) is 41.0. The largest absolute Gasteiger partial charge is 0.481 e. The lowest BCUT2D eigenvalue weighted by Gasteiger charge is -2.07. The van der Waals surface area contributed by atoms with E-state index >= 15 is 0 Å². The van der Waals surface area contributed by atoms with E-state index in [9.17, 15) is 28.8 Å². The van der Waals surface area contributed by atoms with Crippen molar-refractivity contribution in [3.63, 3.8) is 0 Å². The summed E-state index contributed by atoms with van der Waals surface area (Å²) >= 11 is 0. The molecule has 222 valence electrons. The summed E-state index contributed by atoms with van der Waals surface area (Å²) in [6, 6.07) is 5.40. The molecule has 0 aromatic heterocycles. The molecule has 0 radical (unpaired) electrons. The fourth-order valence-corrected chi connectivity index (χ4v) is 2.14. The molecule has 1 amide bonds. The van der Waals surface area contributed by atoms with Crippen molar-refractivity contribution in [2.24, 2.45) is 34.6 Å². The smallest absolute Gasteiger partial charge is 0.321 e. The molecule has 0 saturated heterocycles. The van der Waals surface area contributed by atoms with E-state index in [4.69, 9.17) is 48.5 Å². The number of amides is 1. The van der Waals surface area contributed by atoms with Gasteiger partial charge in [0.2, 0.25) is 5.91 Å². The van der Waals surface area contributed by atoms with Crippen molar-refractivity contribution < 1.29 is 54.3 Å². The maximum absolute atomic E-state index is 10.4. The van der Waals surface area contributed by atoms with Gasteiger partial charge in [-0.3, -0.25) is 28.8 Å². The zero-order chi connectivity index (χ0) is 31.3. The van der Waals surface area contributed by atoms with Gasteiger partial charge < -0.3 is 54.2 Å². The van der Waals surface area contributed by atoms with Crippen LogP contribution < -0.4 is 28.7 Å². The number of carbonyl (C=O) groups excluding carboxylic acids is 1. The van der Waals surface area contributed by atoms with Crippen LogP contribution in [0.2, 0.25) is 0 Å². The molecule has 15 N–H and O–H groups in total. The first-order chi connectivity index (χ1) is 17.8. The number of primary amides is 1. The molecule has 0 heterocycles. The lowest BCUT2D eigenvalue weighted by molar-refractivity contribution is -0.144. The number of nitrogens with two attached hydrogens (primary N) is 5. The number of hydrogen-bond acceptors (Lipinski definition) is 10. The van der Waals surface area contributed by atoms with Gasteiger partial charge >= 0.3 is 29.8 Å². The predicted octanol–water partition coefficient (Wildman–Crippen LogP) is -1.77. The summed E-state index contributed by atoms with van der Waals surface area (Å²) < 4.78 is 0. The number of rotatable bonds is 12. The maximum atomic E-state index is 10.4. The van der Waals surface area contributed by atoms with E-state index in [1.807, 2.05) is 44.2 Å². The van der Waals surface area contributed by atoms with Crippen LogP contribution >= 0.6 is 0 Å². The highest BCUT2D eigenvalue weighted by molar-refractivity contribution is 5.83. The van der Waals surface area contributed by atoms with Crippen molar-refractivity contribution in [1.29, 1.82) is 0 Å². The maximum Gasteiger partial charge on any atom is 0.321 e. The van der Waals surface area contributed by atoms with Crippen LogP contribution in [-0.4, -0.2) is 85.5 Å². The Morgan fingerprint density at radius 1 is 0.641 bits per heavy atom. The molecular weight excluding hydrogens is 522 g/mol. The second-order valence-electron chi connectivity index (χ2n) is 8.37. The van der Waals surface area contributed by atoms with E-state index in [1.165, 1.54) is 0 Å². The Balaban J connectivity index is -0.000000448. The van der Waals surface area contributed by atoms with Crippen LogP contribution in [-0.2, 0) is 35.2 Å². The van der Waals surface area contributed by atoms with Gasteiger partial charge in [-0.2, -0.15) is 0 Å². The second-order valence-corrected chi connectivity index (χ2v) is 8.37. The number of hydrogen-bond donors (Lipinski definition) is 10. The Labute approximate surface area is 224 Å². The molecule has 1 aromatic rings. The predicted molar refractivity (Wildman–Crippen MR) is 138 cm³/mol. The molecule has 39 heavy (non-hydrogen) atoms. The summed E-state index contributed by atoms with van der Waals surface area (Å²) in [6.45, 7) is 3.89. The van der Waals surface area contributed by atoms with Crippen molar-refractivity contribution in [2.75, 3.05) is 0 Å². The molecule has 4 atom stereocenters. The average molecular weight is 562 g/mol. The first-order valence-electron chi connectivity index (χ1n) is 11.3. The highest BCUT2D eigenvalue weighted by atomic mass is 16.4. The van der Waals surface area contributed by atoms with Crippen molar-refractivity contribution >= 4 is 35.8 Å². The number of benzene rings is 1. The molecule has 16 heteroatoms. The van der Waals surface area contributed by atoms with Gasteiger partial charge in [-0.25, -0.2) is 0 Å². The lowest BCUT2D eigenvalue weighted by Crippen LogP contribution is -2.34. The van der Waals surface area contributed by atoms with Crippen LogP contribution in [0.15, 0.2) is 30.3 Å². The van der Waals surface area contributed by atoms with Crippen LogP contribution in [0.3, 0.4) is 0 Å². The minimum Gasteiger partial charge on any atom is -0.481 e. The summed E-state index contributed by atoms with van der Waals surface area (Å²) in [6.07, 6.45) is 0.0934. The topological polar surface area (TPSA) is 334 Å². The summed E-state index contributed by atoms with van der Waals surface area (Å²) in [5.74, 6) is -5.93. The van der Waals surface area contributed by atoms with Crippen LogP contribution in [0.1, 0.15) is 38.7 Å². The molecular formula is C23H39N5O11. The van der Waals surface area contributed by atoms with Gasteiger partial charge in [-0.15, -0.1) is 0 Å². The zero-order valence-electron chi connectivity index (χ0n) is 21.7. The summed E-state index contributed by atoms with van der Waals surface area (Å²) in [7, 11) is 0. The van der Waals surface area contributed by atoms with E-state index in [1.54, 1.807) is 0 Å². The van der Waals surface area contributed by atoms with E-state index in [2.05, 4.69) is 5.73 Å². The van der Waals surface area contributed by atoms with Gasteiger partial charge in [0.05, 0.1) is 12.8 Å². The normalized spacial score (nSPS) is 12.8. The van der Waals surface area contributed by atoms with Gasteiger partial charge in [0, 0.05) is 0 Å². The van der Waals surface area contributed by atoms with Gasteiger partial charge in [-0.05, 0) is 24.3 Å². The van der Waals surface area contributed by atoms with Crippen molar-refractivity contribution in [3.8, 4) is 0 Å². The van der Waals surface area contributed by atoms with Crippen molar-refractivity contribution in [2.45, 2.75) is 63.7 Å². The van der Waals surface area contributed by atoms with Gasteiger partial charge in [-0.1, -0.05) is 44.2 Å². The molecule has 0 spiro atoms. The molecule has 0 saturated carbocycles. The Hall–Kier alpha value is -4.12. The van der Waals surface area contributed by atoms with E-state index in [0.717, 1.165) is 5.56 Å². The van der Waals surface area contributed by atoms with Crippen molar-refractivity contribution in [3.05, 3.63) is 35.9 Å². The van der Waals surface area contributed by atoms with E-state index in [0.29, 0.717) is 18.8 Å². The van der Waals surface area contributed by atoms with Gasteiger partial charge in [0.25, 0.3) is 0 Å². The second kappa shape index (κ2) is 21.9. The third-order valence-corrected chi connectivity index (χ3v) is 4.11. The highest BCUT2D eigenvalue weighted by Crippen LogP contribution is 2.02. The third kappa shape index (κ3) is 26.7. The Morgan fingerprint density at radius 3 is 1.26 bits per heavy atom. The molecule has 16 nitrogen and oxygen atoms in total. The Kier molecular flexibility index (Phi) is 22.1. The first-order valence-corrected chi connectivity index (χ1v) is 11.3. The molecule has 0 bridgehead atoms. The van der Waals surface area contributed by atoms with Crippen LogP contribution in [0, 0.1) is 5.92 Å². The lowest BCUT2D eigenvalue weighted by atomic mass is 10.1. The van der Waals surface area contributed by atoms with Crippen LogP contribution in [0.5, 0.6) is 0 Å². The van der Waals surface area contributed by atoms with E-state index in [-0.39, 0.29) is 6.42 Å².